The van der Waals surface area contributed by atoms with Crippen molar-refractivity contribution in [2.24, 2.45) is 0 Å². The quantitative estimate of drug-likeness (QED) is 0.175. The zero-order valence-corrected chi connectivity index (χ0v) is 19.1. The fourth-order valence-electron chi connectivity index (χ4n) is 3.25. The monoisotopic (exact) mass is 409 g/mol. The minimum Gasteiger partial charge on any atom is -0.394 e. The molecule has 0 rings (SSSR count). The summed E-state index contributed by atoms with van der Waals surface area (Å²) in [5.41, 5.74) is 0. The fourth-order valence-corrected chi connectivity index (χ4v) is 3.25. The molecule has 0 spiro atoms. The van der Waals surface area contributed by atoms with Crippen molar-refractivity contribution in [3.8, 4) is 0 Å². The molecule has 0 saturated carbocycles. The van der Waals surface area contributed by atoms with Gasteiger partial charge < -0.3 is 15.5 Å². The first kappa shape index (κ1) is 27.9. The molecular weight excluding hydrogens is 362 g/mol. The number of unbranched alkanes of at least 4 members (excludes halogenated alkanes) is 11. The summed E-state index contributed by atoms with van der Waals surface area (Å²) in [5.74, 6) is -0.0890. The Hall–Kier alpha value is -1.13. The molecule has 0 aliphatic rings. The number of hydrogen-bond donors (Lipinski definition) is 3. The second-order valence-corrected chi connectivity index (χ2v) is 8.04. The summed E-state index contributed by atoms with van der Waals surface area (Å²) in [6.07, 6.45) is 24.0. The summed E-state index contributed by atoms with van der Waals surface area (Å²) >= 11 is 0. The summed E-state index contributed by atoms with van der Waals surface area (Å²) in [6.45, 7) is 4.17. The van der Waals surface area contributed by atoms with Crippen LogP contribution in [0.15, 0.2) is 24.3 Å². The highest BCUT2D eigenvalue weighted by Gasteiger charge is 2.17. The van der Waals surface area contributed by atoms with E-state index in [1.54, 1.807) is 6.08 Å². The molecule has 3 N–H and O–H groups in total. The molecule has 0 aromatic heterocycles. The van der Waals surface area contributed by atoms with Gasteiger partial charge in [0.15, 0.2) is 0 Å². The van der Waals surface area contributed by atoms with Crippen molar-refractivity contribution < 1.29 is 15.0 Å². The maximum Gasteiger partial charge on any atom is 0.220 e. The molecule has 4 nitrogen and oxygen atoms in total. The smallest absolute Gasteiger partial charge is 0.220 e. The van der Waals surface area contributed by atoms with Crippen LogP contribution in [0.5, 0.6) is 0 Å². The highest BCUT2D eigenvalue weighted by atomic mass is 16.3. The zero-order valence-electron chi connectivity index (χ0n) is 19.1. The van der Waals surface area contributed by atoms with Crippen LogP contribution in [-0.4, -0.2) is 34.9 Å². The number of carbonyl (C=O) groups excluding carboxylic acids is 1. The van der Waals surface area contributed by atoms with Crippen LogP contribution in [0.4, 0.5) is 0 Å². The lowest BCUT2D eigenvalue weighted by molar-refractivity contribution is -0.123. The maximum atomic E-state index is 12.0. The summed E-state index contributed by atoms with van der Waals surface area (Å²) in [4.78, 5) is 12.0. The summed E-state index contributed by atoms with van der Waals surface area (Å²) < 4.78 is 0. The molecular formula is C25H47NO3. The van der Waals surface area contributed by atoms with Gasteiger partial charge in [-0.25, -0.2) is 0 Å². The standard InChI is InChI=1S/C25H47NO3/c1-3-5-7-9-11-12-13-14-15-16-18-20-24(28)23(22-27)26-25(29)21-19-17-10-8-6-4-2/h13-14,18,20,23-24,27-28H,3-12,15-17,19,21-22H2,1-2H3,(H,26,29)/b14-13+,20-18+. The van der Waals surface area contributed by atoms with Gasteiger partial charge in [0.05, 0.1) is 18.8 Å². The Balaban J connectivity index is 3.85. The van der Waals surface area contributed by atoms with Gasteiger partial charge in [-0.3, -0.25) is 4.79 Å². The van der Waals surface area contributed by atoms with Gasteiger partial charge in [-0.2, -0.15) is 0 Å². The number of aliphatic hydroxyl groups is 2. The van der Waals surface area contributed by atoms with E-state index in [1.807, 2.05) is 6.08 Å². The lowest BCUT2D eigenvalue weighted by Gasteiger charge is -2.19. The fraction of sp³-hybridized carbons (Fsp3) is 0.800. The van der Waals surface area contributed by atoms with Gasteiger partial charge in [0.2, 0.25) is 5.91 Å². The Labute approximate surface area is 179 Å². The molecule has 0 saturated heterocycles. The summed E-state index contributed by atoms with van der Waals surface area (Å²) in [6, 6.07) is -0.627. The van der Waals surface area contributed by atoms with E-state index >= 15 is 0 Å². The van der Waals surface area contributed by atoms with Crippen LogP contribution in [0.1, 0.15) is 110 Å². The van der Waals surface area contributed by atoms with Gasteiger partial charge >= 0.3 is 0 Å². The van der Waals surface area contributed by atoms with Crippen molar-refractivity contribution in [1.82, 2.24) is 5.32 Å². The number of aliphatic hydroxyl groups excluding tert-OH is 2. The number of amides is 1. The Kier molecular flexibility index (Phi) is 20.7. The predicted molar refractivity (Wildman–Crippen MR) is 124 cm³/mol. The first-order chi connectivity index (χ1) is 14.2. The number of nitrogens with one attached hydrogen (secondary N) is 1. The lowest BCUT2D eigenvalue weighted by atomic mass is 10.1. The molecule has 2 unspecified atom stereocenters. The minimum absolute atomic E-state index is 0.0890. The van der Waals surface area contributed by atoms with Gasteiger partial charge in [-0.05, 0) is 32.1 Å². The van der Waals surface area contributed by atoms with Crippen LogP contribution in [-0.2, 0) is 4.79 Å². The second kappa shape index (κ2) is 21.6. The third kappa shape index (κ3) is 18.6. The number of allylic oxidation sites excluding steroid dienone is 3. The van der Waals surface area contributed by atoms with E-state index in [0.717, 1.165) is 32.1 Å². The SMILES string of the molecule is CCCCCCC/C=C/CC/C=C/C(O)C(CO)NC(=O)CCCCCCCC. The first-order valence-corrected chi connectivity index (χ1v) is 12.1. The molecule has 170 valence electrons. The number of carbonyl (C=O) groups is 1. The van der Waals surface area contributed by atoms with Crippen molar-refractivity contribution in [2.75, 3.05) is 6.61 Å². The molecule has 1 amide bonds. The maximum absolute atomic E-state index is 12.0. The molecule has 4 heteroatoms. The number of rotatable bonds is 20. The average Bonchev–Trinajstić information content (AvgIpc) is 2.72. The average molecular weight is 410 g/mol. The Morgan fingerprint density at radius 3 is 2.00 bits per heavy atom. The Morgan fingerprint density at radius 1 is 0.793 bits per heavy atom. The molecule has 0 aliphatic heterocycles. The van der Waals surface area contributed by atoms with Gasteiger partial charge in [-0.15, -0.1) is 0 Å². The van der Waals surface area contributed by atoms with Gasteiger partial charge in [0.1, 0.15) is 0 Å². The molecule has 0 radical (unpaired) electrons. The Morgan fingerprint density at radius 2 is 1.34 bits per heavy atom. The van der Waals surface area contributed by atoms with Crippen LogP contribution in [0.25, 0.3) is 0 Å². The molecule has 0 bridgehead atoms. The molecule has 0 heterocycles. The van der Waals surface area contributed by atoms with Crippen molar-refractivity contribution in [3.63, 3.8) is 0 Å². The van der Waals surface area contributed by atoms with E-state index in [-0.39, 0.29) is 12.5 Å². The minimum atomic E-state index is -0.851. The topological polar surface area (TPSA) is 69.6 Å². The Bertz CT molecular complexity index is 420. The van der Waals surface area contributed by atoms with Crippen LogP contribution in [0, 0.1) is 0 Å². The van der Waals surface area contributed by atoms with Gasteiger partial charge in [0, 0.05) is 6.42 Å². The van der Waals surface area contributed by atoms with Crippen molar-refractivity contribution in [2.45, 2.75) is 122 Å². The first-order valence-electron chi connectivity index (χ1n) is 12.1. The molecule has 0 fully saturated rings. The van der Waals surface area contributed by atoms with Gasteiger partial charge in [0.25, 0.3) is 0 Å². The number of hydrogen-bond acceptors (Lipinski definition) is 3. The second-order valence-electron chi connectivity index (χ2n) is 8.04. The summed E-state index contributed by atoms with van der Waals surface area (Å²) in [7, 11) is 0. The van der Waals surface area contributed by atoms with E-state index in [1.165, 1.54) is 57.8 Å². The predicted octanol–water partition coefficient (Wildman–Crippen LogP) is 5.83. The van der Waals surface area contributed by atoms with Crippen molar-refractivity contribution in [3.05, 3.63) is 24.3 Å². The highest BCUT2D eigenvalue weighted by molar-refractivity contribution is 5.76. The van der Waals surface area contributed by atoms with Crippen molar-refractivity contribution >= 4 is 5.91 Å². The molecule has 2 atom stereocenters. The van der Waals surface area contributed by atoms with E-state index in [4.69, 9.17) is 0 Å². The summed E-state index contributed by atoms with van der Waals surface area (Å²) in [5, 5.41) is 22.4. The van der Waals surface area contributed by atoms with E-state index in [9.17, 15) is 15.0 Å². The van der Waals surface area contributed by atoms with Crippen LogP contribution in [0.3, 0.4) is 0 Å². The third-order valence-corrected chi connectivity index (χ3v) is 5.19. The highest BCUT2D eigenvalue weighted by Crippen LogP contribution is 2.08. The molecule has 0 aliphatic carbocycles. The normalized spacial score (nSPS) is 13.9. The molecule has 29 heavy (non-hydrogen) atoms. The van der Waals surface area contributed by atoms with Crippen LogP contribution in [0.2, 0.25) is 0 Å². The van der Waals surface area contributed by atoms with Gasteiger partial charge in [-0.1, -0.05) is 95.9 Å². The molecule has 0 aromatic carbocycles. The zero-order chi connectivity index (χ0) is 21.6. The van der Waals surface area contributed by atoms with E-state index in [2.05, 4.69) is 31.3 Å². The van der Waals surface area contributed by atoms with E-state index in [0.29, 0.717) is 6.42 Å². The largest absolute Gasteiger partial charge is 0.394 e. The third-order valence-electron chi connectivity index (χ3n) is 5.19. The van der Waals surface area contributed by atoms with Crippen LogP contribution >= 0.6 is 0 Å². The lowest BCUT2D eigenvalue weighted by Crippen LogP contribution is -2.45. The van der Waals surface area contributed by atoms with E-state index < -0.39 is 12.1 Å². The van der Waals surface area contributed by atoms with Crippen LogP contribution < -0.4 is 5.32 Å². The van der Waals surface area contributed by atoms with Crippen molar-refractivity contribution in [1.29, 1.82) is 0 Å². The molecule has 0 aromatic rings.